The number of hydrogen-bond donors (Lipinski definition) is 1. The molecule has 1 nitrogen and oxygen atoms in total. The Bertz CT molecular complexity index is 410. The standard InChI is InChI=1S/C18H28FN/c1-4-5-6-17(14-7-9-15(19)10-8-14)20-16-11-12-18(2,3)13-16/h7-10,16-17,20H,4-6,11-13H2,1-3H3. The molecule has 1 aromatic carbocycles. The van der Waals surface area contributed by atoms with Crippen LogP contribution in [0.3, 0.4) is 0 Å². The molecule has 0 aliphatic heterocycles. The summed E-state index contributed by atoms with van der Waals surface area (Å²) in [5.41, 5.74) is 1.69. The maximum absolute atomic E-state index is 13.1. The Morgan fingerprint density at radius 1 is 1.30 bits per heavy atom. The largest absolute Gasteiger partial charge is 0.307 e. The third-order valence-corrected chi connectivity index (χ3v) is 4.52. The summed E-state index contributed by atoms with van der Waals surface area (Å²) < 4.78 is 13.1. The van der Waals surface area contributed by atoms with Gasteiger partial charge >= 0.3 is 0 Å². The van der Waals surface area contributed by atoms with Crippen LogP contribution in [0.1, 0.15) is 70.9 Å². The molecule has 0 radical (unpaired) electrons. The lowest BCUT2D eigenvalue weighted by atomic mass is 9.91. The number of benzene rings is 1. The number of halogens is 1. The number of rotatable bonds is 6. The van der Waals surface area contributed by atoms with Gasteiger partial charge in [0.1, 0.15) is 5.82 Å². The molecule has 0 saturated heterocycles. The van der Waals surface area contributed by atoms with Crippen LogP contribution in [0.4, 0.5) is 4.39 Å². The van der Waals surface area contributed by atoms with Crippen molar-refractivity contribution in [2.24, 2.45) is 5.41 Å². The third-order valence-electron chi connectivity index (χ3n) is 4.52. The van der Waals surface area contributed by atoms with E-state index in [0.29, 0.717) is 17.5 Å². The van der Waals surface area contributed by atoms with Gasteiger partial charge in [0.05, 0.1) is 0 Å². The number of nitrogens with one attached hydrogen (secondary N) is 1. The van der Waals surface area contributed by atoms with Crippen molar-refractivity contribution in [2.75, 3.05) is 0 Å². The SMILES string of the molecule is CCCCC(NC1CCC(C)(C)C1)c1ccc(F)cc1. The van der Waals surface area contributed by atoms with Crippen LogP contribution in [-0.4, -0.2) is 6.04 Å². The van der Waals surface area contributed by atoms with E-state index in [9.17, 15) is 4.39 Å². The van der Waals surface area contributed by atoms with E-state index in [0.717, 1.165) is 6.42 Å². The lowest BCUT2D eigenvalue weighted by molar-refractivity contribution is 0.346. The van der Waals surface area contributed by atoms with Crippen molar-refractivity contribution in [3.8, 4) is 0 Å². The van der Waals surface area contributed by atoms with Crippen LogP contribution >= 0.6 is 0 Å². The first-order valence-corrected chi connectivity index (χ1v) is 8.02. The van der Waals surface area contributed by atoms with E-state index in [1.165, 1.54) is 37.7 Å². The first kappa shape index (κ1) is 15.5. The fraction of sp³-hybridized carbons (Fsp3) is 0.667. The molecule has 0 heterocycles. The Balaban J connectivity index is 2.02. The van der Waals surface area contributed by atoms with Crippen molar-refractivity contribution in [2.45, 2.75) is 71.4 Å². The molecule has 0 aromatic heterocycles. The van der Waals surface area contributed by atoms with Gasteiger partial charge in [0, 0.05) is 12.1 Å². The van der Waals surface area contributed by atoms with Gasteiger partial charge in [-0.25, -0.2) is 4.39 Å². The second-order valence-corrected chi connectivity index (χ2v) is 7.02. The minimum atomic E-state index is -0.148. The van der Waals surface area contributed by atoms with Gasteiger partial charge in [-0.15, -0.1) is 0 Å². The topological polar surface area (TPSA) is 12.0 Å². The van der Waals surface area contributed by atoms with Crippen LogP contribution in [0.5, 0.6) is 0 Å². The van der Waals surface area contributed by atoms with Gasteiger partial charge in [0.15, 0.2) is 0 Å². The molecule has 2 atom stereocenters. The van der Waals surface area contributed by atoms with Crippen LogP contribution in [0.2, 0.25) is 0 Å². The van der Waals surface area contributed by atoms with Crippen LogP contribution in [0, 0.1) is 11.2 Å². The van der Waals surface area contributed by atoms with Gasteiger partial charge in [0.2, 0.25) is 0 Å². The van der Waals surface area contributed by atoms with E-state index in [-0.39, 0.29) is 5.82 Å². The van der Waals surface area contributed by atoms with Crippen molar-refractivity contribution in [1.29, 1.82) is 0 Å². The molecule has 1 fully saturated rings. The van der Waals surface area contributed by atoms with E-state index in [2.05, 4.69) is 26.1 Å². The predicted octanol–water partition coefficient (Wildman–Crippen LogP) is 5.23. The summed E-state index contributed by atoms with van der Waals surface area (Å²) >= 11 is 0. The van der Waals surface area contributed by atoms with Crippen molar-refractivity contribution in [3.05, 3.63) is 35.6 Å². The third kappa shape index (κ3) is 4.31. The summed E-state index contributed by atoms with van der Waals surface area (Å²) in [5, 5.41) is 3.82. The molecule has 0 amide bonds. The fourth-order valence-electron chi connectivity index (χ4n) is 3.31. The van der Waals surface area contributed by atoms with Crippen molar-refractivity contribution in [3.63, 3.8) is 0 Å². The summed E-state index contributed by atoms with van der Waals surface area (Å²) in [7, 11) is 0. The quantitative estimate of drug-likeness (QED) is 0.751. The maximum atomic E-state index is 13.1. The summed E-state index contributed by atoms with van der Waals surface area (Å²) in [5.74, 6) is -0.148. The van der Waals surface area contributed by atoms with Crippen LogP contribution in [0.25, 0.3) is 0 Å². The maximum Gasteiger partial charge on any atom is 0.123 e. The molecule has 1 aromatic rings. The van der Waals surface area contributed by atoms with E-state index in [4.69, 9.17) is 0 Å². The molecule has 1 aliphatic carbocycles. The zero-order chi connectivity index (χ0) is 14.6. The van der Waals surface area contributed by atoms with Gasteiger partial charge in [0.25, 0.3) is 0 Å². The van der Waals surface area contributed by atoms with E-state index in [1.54, 1.807) is 12.1 Å². The lowest BCUT2D eigenvalue weighted by Gasteiger charge is -2.25. The molecule has 1 N–H and O–H groups in total. The van der Waals surface area contributed by atoms with Gasteiger partial charge in [-0.1, -0.05) is 45.7 Å². The summed E-state index contributed by atoms with van der Waals surface area (Å²) in [6.45, 7) is 6.93. The normalized spacial score (nSPS) is 22.9. The van der Waals surface area contributed by atoms with Crippen LogP contribution in [0.15, 0.2) is 24.3 Å². The monoisotopic (exact) mass is 277 g/mol. The Hall–Kier alpha value is -0.890. The van der Waals surface area contributed by atoms with E-state index < -0.39 is 0 Å². The highest BCUT2D eigenvalue weighted by Crippen LogP contribution is 2.38. The molecule has 1 saturated carbocycles. The molecule has 1 aliphatic rings. The molecule has 0 bridgehead atoms. The Labute approximate surface area is 123 Å². The predicted molar refractivity (Wildman–Crippen MR) is 83.2 cm³/mol. The molecule has 2 heteroatoms. The van der Waals surface area contributed by atoms with Crippen molar-refractivity contribution in [1.82, 2.24) is 5.32 Å². The summed E-state index contributed by atoms with van der Waals surface area (Å²) in [6.07, 6.45) is 7.36. The Morgan fingerprint density at radius 2 is 2.00 bits per heavy atom. The first-order valence-electron chi connectivity index (χ1n) is 8.02. The second kappa shape index (κ2) is 6.71. The smallest absolute Gasteiger partial charge is 0.123 e. The first-order chi connectivity index (χ1) is 9.50. The molecular formula is C18H28FN. The molecule has 2 unspecified atom stereocenters. The Morgan fingerprint density at radius 3 is 2.55 bits per heavy atom. The van der Waals surface area contributed by atoms with Gasteiger partial charge in [-0.3, -0.25) is 0 Å². The molecular weight excluding hydrogens is 249 g/mol. The average molecular weight is 277 g/mol. The average Bonchev–Trinajstić information content (AvgIpc) is 2.75. The second-order valence-electron chi connectivity index (χ2n) is 7.02. The van der Waals surface area contributed by atoms with Gasteiger partial charge < -0.3 is 5.32 Å². The number of unbranched alkanes of at least 4 members (excludes halogenated alkanes) is 1. The van der Waals surface area contributed by atoms with Gasteiger partial charge in [-0.05, 0) is 48.8 Å². The lowest BCUT2D eigenvalue weighted by Crippen LogP contribution is -2.31. The zero-order valence-corrected chi connectivity index (χ0v) is 13.1. The van der Waals surface area contributed by atoms with Crippen molar-refractivity contribution >= 4 is 0 Å². The summed E-state index contributed by atoms with van der Waals surface area (Å²) in [6, 6.07) is 8.00. The Kier molecular flexibility index (Phi) is 5.20. The minimum absolute atomic E-state index is 0.148. The van der Waals surface area contributed by atoms with Crippen molar-refractivity contribution < 1.29 is 4.39 Å². The fourth-order valence-corrected chi connectivity index (χ4v) is 3.31. The minimum Gasteiger partial charge on any atom is -0.307 e. The molecule has 20 heavy (non-hydrogen) atoms. The van der Waals surface area contributed by atoms with E-state index >= 15 is 0 Å². The summed E-state index contributed by atoms with van der Waals surface area (Å²) in [4.78, 5) is 0. The highest BCUT2D eigenvalue weighted by Gasteiger charge is 2.31. The highest BCUT2D eigenvalue weighted by molar-refractivity contribution is 5.20. The van der Waals surface area contributed by atoms with E-state index in [1.807, 2.05) is 12.1 Å². The molecule has 112 valence electrons. The number of hydrogen-bond acceptors (Lipinski definition) is 1. The van der Waals surface area contributed by atoms with Crippen LogP contribution < -0.4 is 5.32 Å². The van der Waals surface area contributed by atoms with Gasteiger partial charge in [-0.2, -0.15) is 0 Å². The van der Waals surface area contributed by atoms with Crippen LogP contribution in [-0.2, 0) is 0 Å². The molecule has 0 spiro atoms. The highest BCUT2D eigenvalue weighted by atomic mass is 19.1. The zero-order valence-electron chi connectivity index (χ0n) is 13.1. The molecule has 2 rings (SSSR count).